The maximum absolute atomic E-state index is 5.77. The molecule has 0 bridgehead atoms. The summed E-state index contributed by atoms with van der Waals surface area (Å²) >= 11 is 0. The number of aromatic nitrogens is 3. The van der Waals surface area contributed by atoms with Crippen molar-refractivity contribution >= 4 is 11.9 Å². The topological polar surface area (TPSA) is 76.7 Å². The molecular formula is C16H21N5. The molecule has 0 fully saturated rings. The standard InChI is InChI=1S/C16H21N5/c1-3-13-18-15(17)21-16(19-13)20-14-10(2)8-9-11-6-4-5-7-12(11)14/h4-7,10,14H,3,8-9H2,1-2H3,(H3,17,18,19,20,21). The number of nitrogens with two attached hydrogens (primary N) is 1. The number of nitrogens with zero attached hydrogens (tertiary/aromatic N) is 3. The molecular weight excluding hydrogens is 262 g/mol. The molecule has 0 spiro atoms. The van der Waals surface area contributed by atoms with Crippen LogP contribution in [-0.2, 0) is 12.8 Å². The first kappa shape index (κ1) is 13.8. The number of hydrogen-bond donors (Lipinski definition) is 2. The van der Waals surface area contributed by atoms with E-state index in [0.717, 1.165) is 25.1 Å². The third-order valence-electron chi connectivity index (χ3n) is 4.13. The van der Waals surface area contributed by atoms with Gasteiger partial charge in [-0.25, -0.2) is 0 Å². The number of fused-ring (bicyclic) bond motifs is 1. The molecule has 2 unspecified atom stereocenters. The van der Waals surface area contributed by atoms with Gasteiger partial charge in [-0.1, -0.05) is 38.1 Å². The molecule has 0 aliphatic heterocycles. The molecule has 0 saturated heterocycles. The molecule has 1 aliphatic rings. The molecule has 2 atom stereocenters. The van der Waals surface area contributed by atoms with Gasteiger partial charge in [0, 0.05) is 6.42 Å². The van der Waals surface area contributed by atoms with Crippen molar-refractivity contribution in [3.8, 4) is 0 Å². The highest BCUT2D eigenvalue weighted by atomic mass is 15.2. The highest BCUT2D eigenvalue weighted by molar-refractivity contribution is 5.40. The first-order chi connectivity index (χ1) is 10.2. The zero-order chi connectivity index (χ0) is 14.8. The first-order valence-corrected chi connectivity index (χ1v) is 7.52. The van der Waals surface area contributed by atoms with Gasteiger partial charge < -0.3 is 11.1 Å². The van der Waals surface area contributed by atoms with Gasteiger partial charge in [-0.05, 0) is 29.9 Å². The summed E-state index contributed by atoms with van der Waals surface area (Å²) in [6, 6.07) is 8.80. The van der Waals surface area contributed by atoms with Crippen molar-refractivity contribution in [2.75, 3.05) is 11.1 Å². The van der Waals surface area contributed by atoms with E-state index in [4.69, 9.17) is 5.73 Å². The van der Waals surface area contributed by atoms with E-state index in [0.29, 0.717) is 11.9 Å². The smallest absolute Gasteiger partial charge is 0.228 e. The maximum atomic E-state index is 5.77. The monoisotopic (exact) mass is 283 g/mol. The van der Waals surface area contributed by atoms with Crippen LogP contribution in [0.1, 0.15) is 43.3 Å². The van der Waals surface area contributed by atoms with Crippen LogP contribution in [0, 0.1) is 5.92 Å². The van der Waals surface area contributed by atoms with E-state index in [-0.39, 0.29) is 12.0 Å². The minimum absolute atomic E-state index is 0.224. The third-order valence-corrected chi connectivity index (χ3v) is 4.13. The summed E-state index contributed by atoms with van der Waals surface area (Å²) in [5, 5.41) is 3.46. The van der Waals surface area contributed by atoms with Gasteiger partial charge in [-0.15, -0.1) is 0 Å². The SMILES string of the molecule is CCc1nc(N)nc(NC2c3ccccc3CCC2C)n1. The molecule has 0 amide bonds. The molecule has 5 heteroatoms. The lowest BCUT2D eigenvalue weighted by Crippen LogP contribution is -2.26. The van der Waals surface area contributed by atoms with E-state index < -0.39 is 0 Å². The summed E-state index contributed by atoms with van der Waals surface area (Å²) in [4.78, 5) is 12.8. The van der Waals surface area contributed by atoms with E-state index in [1.54, 1.807) is 0 Å². The largest absolute Gasteiger partial charge is 0.368 e. The number of hydrogen-bond acceptors (Lipinski definition) is 5. The van der Waals surface area contributed by atoms with Crippen molar-refractivity contribution in [2.24, 2.45) is 5.92 Å². The predicted molar refractivity (Wildman–Crippen MR) is 83.9 cm³/mol. The van der Waals surface area contributed by atoms with Crippen LogP contribution in [0.2, 0.25) is 0 Å². The first-order valence-electron chi connectivity index (χ1n) is 7.52. The van der Waals surface area contributed by atoms with Gasteiger partial charge in [0.25, 0.3) is 0 Å². The summed E-state index contributed by atoms with van der Waals surface area (Å²) in [6.07, 6.45) is 3.04. The summed E-state index contributed by atoms with van der Waals surface area (Å²) in [5.41, 5.74) is 8.52. The van der Waals surface area contributed by atoms with Gasteiger partial charge in [0.2, 0.25) is 11.9 Å². The van der Waals surface area contributed by atoms with E-state index in [1.165, 1.54) is 11.1 Å². The number of nitrogens with one attached hydrogen (secondary N) is 1. The second-order valence-corrected chi connectivity index (χ2v) is 5.62. The van der Waals surface area contributed by atoms with Gasteiger partial charge in [0.05, 0.1) is 6.04 Å². The lowest BCUT2D eigenvalue weighted by atomic mass is 9.81. The molecule has 0 radical (unpaired) electrons. The van der Waals surface area contributed by atoms with Gasteiger partial charge in [0.1, 0.15) is 5.82 Å². The minimum atomic E-state index is 0.224. The lowest BCUT2D eigenvalue weighted by molar-refractivity contribution is 0.432. The Bertz CT molecular complexity index is 640. The summed E-state index contributed by atoms with van der Waals surface area (Å²) in [5.74, 6) is 2.11. The van der Waals surface area contributed by atoms with Gasteiger partial charge in [0.15, 0.2) is 0 Å². The van der Waals surface area contributed by atoms with Crippen LogP contribution in [0.4, 0.5) is 11.9 Å². The fourth-order valence-corrected chi connectivity index (χ4v) is 2.94. The summed E-state index contributed by atoms with van der Waals surface area (Å²) in [7, 11) is 0. The van der Waals surface area contributed by atoms with E-state index >= 15 is 0 Å². The van der Waals surface area contributed by atoms with Crippen LogP contribution in [0.3, 0.4) is 0 Å². The Morgan fingerprint density at radius 3 is 2.86 bits per heavy atom. The minimum Gasteiger partial charge on any atom is -0.368 e. The number of anilines is 2. The Hall–Kier alpha value is -2.17. The second-order valence-electron chi connectivity index (χ2n) is 5.62. The molecule has 110 valence electrons. The Morgan fingerprint density at radius 1 is 1.24 bits per heavy atom. The zero-order valence-corrected chi connectivity index (χ0v) is 12.5. The summed E-state index contributed by atoms with van der Waals surface area (Å²) in [6.45, 7) is 4.27. The number of aryl methyl sites for hydroxylation is 2. The quantitative estimate of drug-likeness (QED) is 0.905. The highest BCUT2D eigenvalue weighted by Gasteiger charge is 2.26. The molecule has 1 aliphatic carbocycles. The molecule has 1 heterocycles. The van der Waals surface area contributed by atoms with Crippen LogP contribution in [0.25, 0.3) is 0 Å². The van der Waals surface area contributed by atoms with Crippen LogP contribution in [0.15, 0.2) is 24.3 Å². The average molecular weight is 283 g/mol. The van der Waals surface area contributed by atoms with Crippen molar-refractivity contribution in [3.05, 3.63) is 41.2 Å². The lowest BCUT2D eigenvalue weighted by Gasteiger charge is -2.32. The van der Waals surface area contributed by atoms with E-state index in [9.17, 15) is 0 Å². The van der Waals surface area contributed by atoms with Crippen LogP contribution in [0.5, 0.6) is 0 Å². The van der Waals surface area contributed by atoms with Crippen molar-refractivity contribution in [1.82, 2.24) is 15.0 Å². The van der Waals surface area contributed by atoms with Gasteiger partial charge in [-0.3, -0.25) is 0 Å². The van der Waals surface area contributed by atoms with Crippen LogP contribution in [-0.4, -0.2) is 15.0 Å². The molecule has 3 rings (SSSR count). The summed E-state index contributed by atoms with van der Waals surface area (Å²) < 4.78 is 0. The fraction of sp³-hybridized carbons (Fsp3) is 0.438. The zero-order valence-electron chi connectivity index (χ0n) is 12.5. The van der Waals surface area contributed by atoms with Gasteiger partial charge in [-0.2, -0.15) is 15.0 Å². The Kier molecular flexibility index (Phi) is 3.73. The van der Waals surface area contributed by atoms with Crippen molar-refractivity contribution < 1.29 is 0 Å². The number of nitrogen functional groups attached to an aromatic ring is 1. The fourth-order valence-electron chi connectivity index (χ4n) is 2.94. The van der Waals surface area contributed by atoms with E-state index in [1.807, 2.05) is 6.92 Å². The molecule has 0 saturated carbocycles. The van der Waals surface area contributed by atoms with Crippen molar-refractivity contribution in [2.45, 2.75) is 39.2 Å². The van der Waals surface area contributed by atoms with Gasteiger partial charge >= 0.3 is 0 Å². The molecule has 2 aromatic rings. The predicted octanol–water partition coefficient (Wildman–Crippen LogP) is 2.75. The second kappa shape index (κ2) is 5.68. The number of benzene rings is 1. The van der Waals surface area contributed by atoms with Crippen LogP contribution >= 0.6 is 0 Å². The van der Waals surface area contributed by atoms with Crippen molar-refractivity contribution in [1.29, 1.82) is 0 Å². The normalized spacial score (nSPS) is 20.9. The molecule has 21 heavy (non-hydrogen) atoms. The molecule has 3 N–H and O–H groups in total. The molecule has 1 aromatic carbocycles. The third kappa shape index (κ3) is 2.82. The Balaban J connectivity index is 1.92. The average Bonchev–Trinajstić information content (AvgIpc) is 2.49. The molecule has 5 nitrogen and oxygen atoms in total. The molecule has 1 aromatic heterocycles. The van der Waals surface area contributed by atoms with Crippen molar-refractivity contribution in [3.63, 3.8) is 0 Å². The highest BCUT2D eigenvalue weighted by Crippen LogP contribution is 2.35. The van der Waals surface area contributed by atoms with E-state index in [2.05, 4.69) is 51.5 Å². The Labute approximate surface area is 125 Å². The van der Waals surface area contributed by atoms with Crippen LogP contribution < -0.4 is 11.1 Å². The number of rotatable bonds is 3. The maximum Gasteiger partial charge on any atom is 0.228 e. The Morgan fingerprint density at radius 2 is 2.05 bits per heavy atom.